The monoisotopic (exact) mass is 360 g/mol. The Hall–Kier alpha value is -2.24. The van der Waals surface area contributed by atoms with Crippen LogP contribution in [-0.2, 0) is 17.4 Å². The molecule has 2 aromatic rings. The maximum Gasteiger partial charge on any atom is 0.342 e. The molecule has 0 N–H and O–H groups in total. The predicted molar refractivity (Wildman–Crippen MR) is 92.2 cm³/mol. The zero-order valence-corrected chi connectivity index (χ0v) is 15.3. The lowest BCUT2D eigenvalue weighted by Gasteiger charge is -2.38. The molecule has 0 radical (unpaired) electrons. The van der Waals surface area contributed by atoms with Crippen LogP contribution in [0.5, 0.6) is 0 Å². The smallest absolute Gasteiger partial charge is 0.342 e. The Morgan fingerprint density at radius 2 is 2.12 bits per heavy atom. The number of rotatable bonds is 3. The van der Waals surface area contributed by atoms with Crippen molar-refractivity contribution in [3.8, 4) is 0 Å². The molecule has 1 saturated carbocycles. The molecule has 2 aliphatic rings. The number of aromatic nitrogens is 2. The van der Waals surface area contributed by atoms with Crippen molar-refractivity contribution >= 4 is 5.97 Å². The fourth-order valence-electron chi connectivity index (χ4n) is 5.07. The Bertz CT molecular complexity index is 903. The number of hydrogen-bond donors (Lipinski definition) is 0. The van der Waals surface area contributed by atoms with Crippen LogP contribution in [0.3, 0.4) is 0 Å². The van der Waals surface area contributed by atoms with Gasteiger partial charge in [0.25, 0.3) is 6.43 Å². The number of carbonyl (C=O) groups is 1. The number of halogens is 2. The highest BCUT2D eigenvalue weighted by atomic mass is 19.3. The first kappa shape index (κ1) is 17.2. The number of hydrogen-bond acceptors (Lipinski definition) is 3. The summed E-state index contributed by atoms with van der Waals surface area (Å²) in [6.07, 6.45) is 0.120. The van der Waals surface area contributed by atoms with Gasteiger partial charge in [-0.1, -0.05) is 32.0 Å². The van der Waals surface area contributed by atoms with E-state index in [-0.39, 0.29) is 11.0 Å². The molecule has 0 saturated heterocycles. The van der Waals surface area contributed by atoms with Crippen LogP contribution < -0.4 is 0 Å². The second-order valence-corrected chi connectivity index (χ2v) is 7.97. The molecule has 4 nitrogen and oxygen atoms in total. The van der Waals surface area contributed by atoms with Gasteiger partial charge in [-0.2, -0.15) is 5.10 Å². The van der Waals surface area contributed by atoms with E-state index < -0.39 is 23.7 Å². The lowest BCUT2D eigenvalue weighted by atomic mass is 9.76. The minimum Gasteiger partial charge on any atom is -0.450 e. The summed E-state index contributed by atoms with van der Waals surface area (Å²) in [6.45, 7) is 6.28. The molecule has 0 amide bonds. The second-order valence-electron chi connectivity index (χ2n) is 7.97. The van der Waals surface area contributed by atoms with Gasteiger partial charge in [0.15, 0.2) is 0 Å². The maximum atomic E-state index is 13.3. The van der Waals surface area contributed by atoms with Crippen molar-refractivity contribution in [2.45, 2.75) is 51.6 Å². The first-order valence-electron chi connectivity index (χ1n) is 8.84. The van der Waals surface area contributed by atoms with Crippen molar-refractivity contribution in [1.82, 2.24) is 9.78 Å². The van der Waals surface area contributed by atoms with Gasteiger partial charge in [0.05, 0.1) is 0 Å². The van der Waals surface area contributed by atoms with E-state index in [1.54, 1.807) is 0 Å². The standard InChI is InChI=1S/C20H22F2N2O2/c1-11-6-5-7-14-15(11)13-8-9-20(14,19(13,2)3)26-18(25)12-10-24(4)23-16(12)17(21)22/h5-7,10,13,17H,8-9H2,1-4H3. The highest BCUT2D eigenvalue weighted by molar-refractivity contribution is 5.91. The van der Waals surface area contributed by atoms with Gasteiger partial charge >= 0.3 is 5.97 Å². The van der Waals surface area contributed by atoms with Gasteiger partial charge in [0.2, 0.25) is 0 Å². The van der Waals surface area contributed by atoms with Crippen LogP contribution in [-0.4, -0.2) is 15.7 Å². The molecule has 0 aliphatic heterocycles. The Morgan fingerprint density at radius 3 is 2.81 bits per heavy atom. The summed E-state index contributed by atoms with van der Waals surface area (Å²) in [5.74, 6) is -0.425. The lowest BCUT2D eigenvalue weighted by molar-refractivity contribution is -0.0685. The predicted octanol–water partition coefficient (Wildman–Crippen LogP) is 4.64. The van der Waals surface area contributed by atoms with E-state index in [1.165, 1.54) is 29.1 Å². The van der Waals surface area contributed by atoms with Crippen LogP contribution in [0.25, 0.3) is 0 Å². The molecule has 26 heavy (non-hydrogen) atoms. The Kier molecular flexibility index (Phi) is 3.56. The molecular weight excluding hydrogens is 338 g/mol. The van der Waals surface area contributed by atoms with Gasteiger partial charge in [0.1, 0.15) is 16.9 Å². The minimum atomic E-state index is -2.82. The van der Waals surface area contributed by atoms with Gasteiger partial charge in [-0.25, -0.2) is 13.6 Å². The van der Waals surface area contributed by atoms with Crippen LogP contribution in [0.1, 0.15) is 71.8 Å². The number of fused-ring (bicyclic) bond motifs is 5. The van der Waals surface area contributed by atoms with Crippen LogP contribution in [0.15, 0.2) is 24.4 Å². The third kappa shape index (κ3) is 2.04. The number of carbonyl (C=O) groups excluding carboxylic acids is 1. The van der Waals surface area contributed by atoms with E-state index in [1.807, 2.05) is 12.1 Å². The van der Waals surface area contributed by atoms with Crippen molar-refractivity contribution < 1.29 is 18.3 Å². The first-order chi connectivity index (χ1) is 12.2. The van der Waals surface area contributed by atoms with Crippen molar-refractivity contribution in [3.05, 3.63) is 52.3 Å². The number of ether oxygens (including phenoxy) is 1. The molecule has 6 heteroatoms. The Morgan fingerprint density at radius 1 is 1.38 bits per heavy atom. The fraction of sp³-hybridized carbons (Fsp3) is 0.500. The summed E-state index contributed by atoms with van der Waals surface area (Å²) in [5.41, 5.74) is 1.70. The summed E-state index contributed by atoms with van der Waals surface area (Å²) in [7, 11) is 1.52. The average molecular weight is 360 g/mol. The van der Waals surface area contributed by atoms with E-state index >= 15 is 0 Å². The Balaban J connectivity index is 1.79. The first-order valence-corrected chi connectivity index (χ1v) is 8.84. The van der Waals surface area contributed by atoms with Gasteiger partial charge in [0, 0.05) is 18.7 Å². The number of benzene rings is 1. The van der Waals surface area contributed by atoms with E-state index in [0.29, 0.717) is 12.3 Å². The van der Waals surface area contributed by atoms with Crippen molar-refractivity contribution in [3.63, 3.8) is 0 Å². The van der Waals surface area contributed by atoms with Crippen LogP contribution in [0.2, 0.25) is 0 Å². The van der Waals surface area contributed by atoms with Crippen molar-refractivity contribution in [2.24, 2.45) is 12.5 Å². The Labute approximate surface area is 151 Å². The van der Waals surface area contributed by atoms with Crippen molar-refractivity contribution in [1.29, 1.82) is 0 Å². The van der Waals surface area contributed by atoms with Gasteiger partial charge in [-0.15, -0.1) is 0 Å². The molecule has 2 atom stereocenters. The number of alkyl halides is 2. The van der Waals surface area contributed by atoms with Crippen LogP contribution in [0, 0.1) is 12.3 Å². The molecule has 2 bridgehead atoms. The van der Waals surface area contributed by atoms with Gasteiger partial charge in [-0.3, -0.25) is 4.68 Å². The second kappa shape index (κ2) is 5.38. The largest absolute Gasteiger partial charge is 0.450 e. The summed E-state index contributed by atoms with van der Waals surface area (Å²) < 4.78 is 33.8. The van der Waals surface area contributed by atoms with Crippen LogP contribution >= 0.6 is 0 Å². The zero-order chi connectivity index (χ0) is 18.9. The molecule has 1 aromatic carbocycles. The SMILES string of the molecule is Cc1cccc2c1C1CCC2(OC(=O)c2cn(C)nc2C(F)F)C1(C)C. The third-order valence-electron chi connectivity index (χ3n) is 6.36. The molecule has 0 spiro atoms. The number of nitrogens with zero attached hydrogens (tertiary/aromatic N) is 2. The van der Waals surface area contributed by atoms with Gasteiger partial charge in [-0.05, 0) is 42.4 Å². The molecule has 138 valence electrons. The highest BCUT2D eigenvalue weighted by Gasteiger charge is 2.65. The average Bonchev–Trinajstić information content (AvgIpc) is 3.13. The van der Waals surface area contributed by atoms with Gasteiger partial charge < -0.3 is 4.74 Å². The third-order valence-corrected chi connectivity index (χ3v) is 6.36. The van der Waals surface area contributed by atoms with E-state index in [2.05, 4.69) is 31.9 Å². The zero-order valence-electron chi connectivity index (χ0n) is 15.3. The molecule has 1 aromatic heterocycles. The van der Waals surface area contributed by atoms with E-state index in [9.17, 15) is 13.6 Å². The van der Waals surface area contributed by atoms with E-state index in [4.69, 9.17) is 4.74 Å². The molecule has 2 aliphatic carbocycles. The summed E-state index contributed by atoms with van der Waals surface area (Å²) in [5, 5.41) is 3.73. The van der Waals surface area contributed by atoms with Crippen molar-refractivity contribution in [2.75, 3.05) is 0 Å². The molecular formula is C20H22F2N2O2. The molecule has 4 rings (SSSR count). The van der Waals surface area contributed by atoms with E-state index in [0.717, 1.165) is 12.0 Å². The summed E-state index contributed by atoms with van der Waals surface area (Å²) in [4.78, 5) is 12.9. The summed E-state index contributed by atoms with van der Waals surface area (Å²) >= 11 is 0. The quantitative estimate of drug-likeness (QED) is 0.749. The summed E-state index contributed by atoms with van der Waals surface area (Å²) in [6, 6.07) is 6.05. The maximum absolute atomic E-state index is 13.3. The molecule has 1 fully saturated rings. The minimum absolute atomic E-state index is 0.155. The normalized spacial score (nSPS) is 25.6. The molecule has 1 heterocycles. The lowest BCUT2D eigenvalue weighted by Crippen LogP contribution is -2.39. The fourth-order valence-corrected chi connectivity index (χ4v) is 5.07. The highest BCUT2D eigenvalue weighted by Crippen LogP contribution is 2.68. The van der Waals surface area contributed by atoms with Crippen LogP contribution in [0.4, 0.5) is 8.78 Å². The number of esters is 1. The topological polar surface area (TPSA) is 44.1 Å². The molecule has 2 unspecified atom stereocenters. The number of aryl methyl sites for hydroxylation is 2.